The van der Waals surface area contributed by atoms with Crippen LogP contribution in [0.3, 0.4) is 0 Å². The maximum Gasteiger partial charge on any atom is 0.0489 e. The van der Waals surface area contributed by atoms with E-state index in [-0.39, 0.29) is 0 Å². The Morgan fingerprint density at radius 1 is 1.15 bits per heavy atom. The quantitative estimate of drug-likeness (QED) is 0.656. The van der Waals surface area contributed by atoms with Crippen LogP contribution in [0.15, 0.2) is 18.3 Å². The maximum absolute atomic E-state index is 4.20. The van der Waals surface area contributed by atoms with Gasteiger partial charge in [0.2, 0.25) is 0 Å². The number of hydrogen-bond acceptors (Lipinski definition) is 1. The van der Waals surface area contributed by atoms with Gasteiger partial charge in [-0.25, -0.2) is 0 Å². The number of aromatic nitrogens is 2. The molecule has 0 unspecified atom stereocenters. The zero-order valence-corrected chi connectivity index (χ0v) is 8.68. The summed E-state index contributed by atoms with van der Waals surface area (Å²) in [5, 5.41) is 1.19. The van der Waals surface area contributed by atoms with Gasteiger partial charge in [0.1, 0.15) is 0 Å². The van der Waals surface area contributed by atoms with Gasteiger partial charge in [0.05, 0.1) is 0 Å². The molecule has 0 bridgehead atoms. The highest BCUT2D eigenvalue weighted by atomic mass is 14.7. The van der Waals surface area contributed by atoms with Gasteiger partial charge in [-0.1, -0.05) is 13.8 Å². The summed E-state index contributed by atoms with van der Waals surface area (Å²) in [6.45, 7) is 8.05. The van der Waals surface area contributed by atoms with E-state index in [4.69, 9.17) is 0 Å². The van der Waals surface area contributed by atoms with Crippen molar-refractivity contribution in [2.24, 2.45) is 0 Å². The summed E-state index contributed by atoms with van der Waals surface area (Å²) in [5.74, 6) is 0. The lowest BCUT2D eigenvalue weighted by Crippen LogP contribution is -1.77. The lowest BCUT2D eigenvalue weighted by molar-refractivity contribution is 1.22. The SMILES string of the molecule is CC.Cc1cc2[nH]c(C)cc2cn1. The number of H-pyrrole nitrogens is 1. The van der Waals surface area contributed by atoms with E-state index in [9.17, 15) is 0 Å². The number of fused-ring (bicyclic) bond motifs is 1. The van der Waals surface area contributed by atoms with Gasteiger partial charge in [-0.05, 0) is 26.0 Å². The Hall–Kier alpha value is -1.31. The van der Waals surface area contributed by atoms with Crippen LogP contribution in [-0.4, -0.2) is 9.97 Å². The van der Waals surface area contributed by atoms with E-state index < -0.39 is 0 Å². The van der Waals surface area contributed by atoms with Crippen LogP contribution >= 0.6 is 0 Å². The third-order valence-electron chi connectivity index (χ3n) is 1.78. The van der Waals surface area contributed by atoms with E-state index in [0.717, 1.165) is 5.69 Å². The molecule has 0 saturated heterocycles. The van der Waals surface area contributed by atoms with Crippen LogP contribution in [0, 0.1) is 13.8 Å². The zero-order valence-electron chi connectivity index (χ0n) is 8.68. The second-order valence-corrected chi connectivity index (χ2v) is 2.87. The maximum atomic E-state index is 4.20. The van der Waals surface area contributed by atoms with Crippen molar-refractivity contribution in [3.05, 3.63) is 29.7 Å². The molecular formula is C11H16N2. The monoisotopic (exact) mass is 176 g/mol. The summed E-state index contributed by atoms with van der Waals surface area (Å²) >= 11 is 0. The average molecular weight is 176 g/mol. The standard InChI is InChI=1S/C9H10N2.C2H6/c1-6-4-9-8(5-10-6)3-7(2)11-9;1-2/h3-5,11H,1-2H3;1-2H3. The topological polar surface area (TPSA) is 28.7 Å². The second-order valence-electron chi connectivity index (χ2n) is 2.87. The highest BCUT2D eigenvalue weighted by Gasteiger charge is 1.96. The predicted octanol–water partition coefficient (Wildman–Crippen LogP) is 3.21. The van der Waals surface area contributed by atoms with Gasteiger partial charge in [0, 0.05) is 28.5 Å². The van der Waals surface area contributed by atoms with Crippen molar-refractivity contribution in [1.29, 1.82) is 0 Å². The number of aromatic amines is 1. The molecule has 0 spiro atoms. The molecule has 0 aliphatic heterocycles. The highest BCUT2D eigenvalue weighted by Crippen LogP contribution is 2.13. The molecule has 0 aromatic carbocycles. The highest BCUT2D eigenvalue weighted by molar-refractivity contribution is 5.79. The van der Waals surface area contributed by atoms with E-state index in [0.29, 0.717) is 0 Å². The Labute approximate surface area is 79.0 Å². The summed E-state index contributed by atoms with van der Waals surface area (Å²) in [6.07, 6.45) is 1.90. The minimum atomic E-state index is 1.05. The van der Waals surface area contributed by atoms with E-state index in [1.165, 1.54) is 16.6 Å². The van der Waals surface area contributed by atoms with Crippen molar-refractivity contribution in [1.82, 2.24) is 9.97 Å². The Morgan fingerprint density at radius 3 is 2.54 bits per heavy atom. The fraction of sp³-hybridized carbons (Fsp3) is 0.364. The molecule has 0 saturated carbocycles. The second kappa shape index (κ2) is 4.08. The number of aryl methyl sites for hydroxylation is 2. The van der Waals surface area contributed by atoms with Crippen LogP contribution in [0.1, 0.15) is 25.2 Å². The van der Waals surface area contributed by atoms with E-state index in [2.05, 4.69) is 29.0 Å². The fourth-order valence-corrected chi connectivity index (χ4v) is 1.28. The van der Waals surface area contributed by atoms with Crippen molar-refractivity contribution in [2.75, 3.05) is 0 Å². The molecule has 0 aliphatic rings. The van der Waals surface area contributed by atoms with E-state index in [1.807, 2.05) is 27.0 Å². The first-order chi connectivity index (χ1) is 6.25. The van der Waals surface area contributed by atoms with Crippen LogP contribution in [0.5, 0.6) is 0 Å². The average Bonchev–Trinajstić information content (AvgIpc) is 2.48. The third kappa shape index (κ3) is 2.08. The molecule has 70 valence electrons. The zero-order chi connectivity index (χ0) is 9.84. The molecule has 2 heteroatoms. The summed E-state index contributed by atoms with van der Waals surface area (Å²) < 4.78 is 0. The molecule has 13 heavy (non-hydrogen) atoms. The van der Waals surface area contributed by atoms with E-state index in [1.54, 1.807) is 0 Å². The predicted molar refractivity (Wildman–Crippen MR) is 56.9 cm³/mol. The van der Waals surface area contributed by atoms with Gasteiger partial charge in [-0.15, -0.1) is 0 Å². The first-order valence-corrected chi connectivity index (χ1v) is 4.68. The Kier molecular flexibility index (Phi) is 3.07. The first-order valence-electron chi connectivity index (χ1n) is 4.68. The lowest BCUT2D eigenvalue weighted by Gasteiger charge is -1.90. The van der Waals surface area contributed by atoms with Crippen molar-refractivity contribution in [3.8, 4) is 0 Å². The van der Waals surface area contributed by atoms with Crippen LogP contribution < -0.4 is 0 Å². The van der Waals surface area contributed by atoms with Gasteiger partial charge in [-0.2, -0.15) is 0 Å². The van der Waals surface area contributed by atoms with Crippen LogP contribution in [-0.2, 0) is 0 Å². The number of nitrogens with zero attached hydrogens (tertiary/aromatic N) is 1. The van der Waals surface area contributed by atoms with Gasteiger partial charge < -0.3 is 4.98 Å². The summed E-state index contributed by atoms with van der Waals surface area (Å²) in [5.41, 5.74) is 3.42. The first kappa shape index (κ1) is 9.78. The molecule has 1 N–H and O–H groups in total. The minimum Gasteiger partial charge on any atom is -0.359 e. The molecular weight excluding hydrogens is 160 g/mol. The normalized spacial score (nSPS) is 9.54. The van der Waals surface area contributed by atoms with E-state index >= 15 is 0 Å². The summed E-state index contributed by atoms with van der Waals surface area (Å²) in [4.78, 5) is 7.46. The van der Waals surface area contributed by atoms with Crippen molar-refractivity contribution in [2.45, 2.75) is 27.7 Å². The molecule has 2 rings (SSSR count). The molecule has 0 amide bonds. The Morgan fingerprint density at radius 2 is 1.85 bits per heavy atom. The lowest BCUT2D eigenvalue weighted by atomic mass is 10.3. The van der Waals surface area contributed by atoms with Gasteiger partial charge in [0.15, 0.2) is 0 Å². The molecule has 0 radical (unpaired) electrons. The number of rotatable bonds is 0. The Bertz CT molecular complexity index is 388. The largest absolute Gasteiger partial charge is 0.359 e. The van der Waals surface area contributed by atoms with Crippen molar-refractivity contribution < 1.29 is 0 Å². The number of pyridine rings is 1. The van der Waals surface area contributed by atoms with Gasteiger partial charge in [0.25, 0.3) is 0 Å². The number of nitrogens with one attached hydrogen (secondary N) is 1. The van der Waals surface area contributed by atoms with Crippen LogP contribution in [0.25, 0.3) is 10.9 Å². The molecule has 0 atom stereocenters. The van der Waals surface area contributed by atoms with Crippen LogP contribution in [0.2, 0.25) is 0 Å². The molecule has 2 aromatic rings. The van der Waals surface area contributed by atoms with Gasteiger partial charge >= 0.3 is 0 Å². The van der Waals surface area contributed by atoms with Crippen molar-refractivity contribution >= 4 is 10.9 Å². The molecule has 0 aliphatic carbocycles. The van der Waals surface area contributed by atoms with Crippen LogP contribution in [0.4, 0.5) is 0 Å². The smallest absolute Gasteiger partial charge is 0.0489 e. The van der Waals surface area contributed by atoms with Crippen molar-refractivity contribution in [3.63, 3.8) is 0 Å². The molecule has 2 aromatic heterocycles. The Balaban J connectivity index is 0.000000396. The summed E-state index contributed by atoms with van der Waals surface area (Å²) in [6, 6.07) is 4.16. The fourth-order valence-electron chi connectivity index (χ4n) is 1.28. The molecule has 0 fully saturated rings. The van der Waals surface area contributed by atoms with Gasteiger partial charge in [-0.3, -0.25) is 4.98 Å². The number of hydrogen-bond donors (Lipinski definition) is 1. The molecule has 2 heterocycles. The summed E-state index contributed by atoms with van der Waals surface area (Å²) in [7, 11) is 0. The minimum absolute atomic E-state index is 1.05. The molecule has 2 nitrogen and oxygen atoms in total. The third-order valence-corrected chi connectivity index (χ3v) is 1.78.